The summed E-state index contributed by atoms with van der Waals surface area (Å²) >= 11 is 0. The summed E-state index contributed by atoms with van der Waals surface area (Å²) in [5.41, 5.74) is 5.13. The molecule has 2 heterocycles. The maximum atomic E-state index is 14.2. The van der Waals surface area contributed by atoms with Crippen molar-refractivity contribution in [3.63, 3.8) is 0 Å². The fourth-order valence-corrected chi connectivity index (χ4v) is 7.75. The molecule has 12 heteroatoms. The van der Waals surface area contributed by atoms with Gasteiger partial charge in [-0.1, -0.05) is 37.1 Å². The van der Waals surface area contributed by atoms with E-state index in [0.29, 0.717) is 56.4 Å². The van der Waals surface area contributed by atoms with Gasteiger partial charge in [-0.25, -0.2) is 8.42 Å². The first-order valence-electron chi connectivity index (χ1n) is 14.9. The van der Waals surface area contributed by atoms with E-state index in [-0.39, 0.29) is 18.2 Å². The first-order chi connectivity index (χ1) is 20.1. The van der Waals surface area contributed by atoms with Gasteiger partial charge in [-0.15, -0.1) is 0 Å². The number of benzene rings is 1. The topological polar surface area (TPSA) is 165 Å². The SMILES string of the molecule is COc1ccc(C(C(N)=O)C2CCCCC/C=C\C3CC3(C(=O)NS(=O)(=O)C3CC3)NC(=O)C3CCCN3C2=O)cc1. The van der Waals surface area contributed by atoms with Crippen molar-refractivity contribution >= 4 is 33.7 Å². The van der Waals surface area contributed by atoms with Crippen LogP contribution in [0.1, 0.15) is 75.7 Å². The Hall–Kier alpha value is -3.41. The predicted octanol–water partition coefficient (Wildman–Crippen LogP) is 1.87. The van der Waals surface area contributed by atoms with Crippen molar-refractivity contribution in [2.45, 2.75) is 87.0 Å². The number of amides is 4. The second-order valence-corrected chi connectivity index (χ2v) is 13.9. The smallest absolute Gasteiger partial charge is 0.259 e. The first-order valence-corrected chi connectivity index (χ1v) is 16.4. The molecule has 1 aromatic rings. The molecule has 1 saturated heterocycles. The molecule has 4 amide bonds. The van der Waals surface area contributed by atoms with E-state index >= 15 is 0 Å². The quantitative estimate of drug-likeness (QED) is 0.402. The maximum Gasteiger partial charge on any atom is 0.259 e. The Labute approximate surface area is 246 Å². The number of fused-ring (bicyclic) bond motifs is 2. The van der Waals surface area contributed by atoms with Crippen LogP contribution in [0.15, 0.2) is 36.4 Å². The van der Waals surface area contributed by atoms with Crippen LogP contribution in [0.5, 0.6) is 5.75 Å². The largest absolute Gasteiger partial charge is 0.497 e. The highest BCUT2D eigenvalue weighted by Gasteiger charge is 2.62. The number of hydrogen-bond donors (Lipinski definition) is 3. The van der Waals surface area contributed by atoms with Gasteiger partial charge in [0.2, 0.25) is 27.7 Å². The Morgan fingerprint density at radius 1 is 1.07 bits per heavy atom. The van der Waals surface area contributed by atoms with Crippen molar-refractivity contribution in [2.24, 2.45) is 17.6 Å². The van der Waals surface area contributed by atoms with Gasteiger partial charge in [-0.05, 0) is 69.1 Å². The van der Waals surface area contributed by atoms with Crippen LogP contribution in [-0.2, 0) is 29.2 Å². The fourth-order valence-electron chi connectivity index (χ4n) is 6.39. The van der Waals surface area contributed by atoms with Crippen molar-refractivity contribution in [1.82, 2.24) is 14.9 Å². The van der Waals surface area contributed by atoms with E-state index in [9.17, 15) is 27.6 Å². The molecule has 2 aliphatic carbocycles. The molecule has 0 bridgehead atoms. The van der Waals surface area contributed by atoms with E-state index in [1.165, 1.54) is 4.90 Å². The molecule has 0 spiro atoms. The van der Waals surface area contributed by atoms with Gasteiger partial charge in [0.15, 0.2) is 0 Å². The lowest BCUT2D eigenvalue weighted by molar-refractivity contribution is -0.144. The Kier molecular flexibility index (Phi) is 8.63. The fraction of sp³-hybridized carbons (Fsp3) is 0.600. The number of methoxy groups -OCH3 is 1. The molecule has 0 aromatic heterocycles. The number of hydrogen-bond acceptors (Lipinski definition) is 7. The summed E-state index contributed by atoms with van der Waals surface area (Å²) < 4.78 is 32.6. The number of carbonyl (C=O) groups is 4. The highest BCUT2D eigenvalue weighted by molar-refractivity contribution is 7.91. The molecule has 4 aliphatic rings. The number of sulfonamides is 1. The van der Waals surface area contributed by atoms with Crippen LogP contribution < -0.4 is 20.5 Å². The van der Waals surface area contributed by atoms with E-state index in [2.05, 4.69) is 10.0 Å². The summed E-state index contributed by atoms with van der Waals surface area (Å²) in [6.07, 6.45) is 9.64. The van der Waals surface area contributed by atoms with E-state index in [0.717, 1.165) is 19.3 Å². The molecule has 11 nitrogen and oxygen atoms in total. The third-order valence-electron chi connectivity index (χ3n) is 9.06. The van der Waals surface area contributed by atoms with Crippen molar-refractivity contribution < 1.29 is 32.3 Å². The van der Waals surface area contributed by atoms with Gasteiger partial charge in [0.25, 0.3) is 5.91 Å². The zero-order chi connectivity index (χ0) is 30.1. The van der Waals surface area contributed by atoms with Gasteiger partial charge in [0.05, 0.1) is 24.2 Å². The second-order valence-electron chi connectivity index (χ2n) is 12.0. The third kappa shape index (κ3) is 6.18. The molecule has 5 rings (SSSR count). The summed E-state index contributed by atoms with van der Waals surface area (Å²) in [5.74, 6) is -3.54. The molecule has 0 radical (unpaired) electrons. The molecule has 2 saturated carbocycles. The number of nitrogens with zero attached hydrogens (tertiary/aromatic N) is 1. The Bertz CT molecular complexity index is 1360. The van der Waals surface area contributed by atoms with E-state index in [4.69, 9.17) is 10.5 Å². The lowest BCUT2D eigenvalue weighted by Crippen LogP contribution is -2.57. The van der Waals surface area contributed by atoms with Gasteiger partial charge in [-0.2, -0.15) is 0 Å². The Morgan fingerprint density at radius 2 is 1.81 bits per heavy atom. The molecule has 1 aromatic carbocycles. The summed E-state index contributed by atoms with van der Waals surface area (Å²) in [4.78, 5) is 55.6. The van der Waals surface area contributed by atoms with Crippen LogP contribution in [0, 0.1) is 11.8 Å². The minimum Gasteiger partial charge on any atom is -0.497 e. The standard InChI is InChI=1S/C30H40N4O7S/c1-41-21-13-11-19(12-14-21)25(26(31)35)23-9-6-4-2-3-5-8-20-18-30(20,29(38)33-42(39,40)22-15-16-22)32-27(36)24-10-7-17-34(24)28(23)37/h5,8,11-14,20,22-25H,2-4,6-7,9-10,15-18H2,1H3,(H2,31,35)(H,32,36)(H,33,38)/b8-5-. The normalized spacial score (nSPS) is 30.0. The van der Waals surface area contributed by atoms with Crippen LogP contribution in [0.25, 0.3) is 0 Å². The van der Waals surface area contributed by atoms with E-state index < -0.39 is 56.4 Å². The van der Waals surface area contributed by atoms with Gasteiger partial charge in [-0.3, -0.25) is 23.9 Å². The van der Waals surface area contributed by atoms with Crippen LogP contribution in [-0.4, -0.2) is 67.4 Å². The number of nitrogens with one attached hydrogen (secondary N) is 2. The number of allylic oxidation sites excluding steroid dienone is 1. The third-order valence-corrected chi connectivity index (χ3v) is 10.9. The molecule has 5 atom stereocenters. The lowest BCUT2D eigenvalue weighted by atomic mass is 9.81. The maximum absolute atomic E-state index is 14.2. The number of nitrogens with two attached hydrogens (primary N) is 1. The monoisotopic (exact) mass is 600 g/mol. The molecule has 42 heavy (non-hydrogen) atoms. The van der Waals surface area contributed by atoms with Gasteiger partial charge < -0.3 is 20.7 Å². The van der Waals surface area contributed by atoms with E-state index in [1.807, 2.05) is 12.2 Å². The molecule has 228 valence electrons. The molecule has 5 unspecified atom stereocenters. The number of carbonyl (C=O) groups excluding carboxylic acids is 4. The highest BCUT2D eigenvalue weighted by Crippen LogP contribution is 2.46. The zero-order valence-corrected chi connectivity index (χ0v) is 24.7. The average molecular weight is 601 g/mol. The average Bonchev–Trinajstić information content (AvgIpc) is 3.87. The van der Waals surface area contributed by atoms with Crippen molar-refractivity contribution in [1.29, 1.82) is 0 Å². The van der Waals surface area contributed by atoms with Crippen LogP contribution >= 0.6 is 0 Å². The Morgan fingerprint density at radius 3 is 2.48 bits per heavy atom. The van der Waals surface area contributed by atoms with Crippen LogP contribution in [0.2, 0.25) is 0 Å². The van der Waals surface area contributed by atoms with Crippen molar-refractivity contribution in [3.8, 4) is 5.75 Å². The van der Waals surface area contributed by atoms with Gasteiger partial charge in [0, 0.05) is 12.5 Å². The molecule has 2 aliphatic heterocycles. The highest BCUT2D eigenvalue weighted by atomic mass is 32.2. The summed E-state index contributed by atoms with van der Waals surface area (Å²) in [6.45, 7) is 0.333. The molecule has 4 N–H and O–H groups in total. The van der Waals surface area contributed by atoms with E-state index in [1.54, 1.807) is 31.4 Å². The van der Waals surface area contributed by atoms with Crippen molar-refractivity contribution in [2.75, 3.05) is 13.7 Å². The summed E-state index contributed by atoms with van der Waals surface area (Å²) in [7, 11) is -2.26. The molecule has 3 fully saturated rings. The minimum absolute atomic E-state index is 0.284. The summed E-state index contributed by atoms with van der Waals surface area (Å²) in [6, 6.07) is 6.08. The minimum atomic E-state index is -3.80. The van der Waals surface area contributed by atoms with Gasteiger partial charge in [0.1, 0.15) is 17.3 Å². The lowest BCUT2D eigenvalue weighted by Gasteiger charge is -2.32. The second kappa shape index (κ2) is 12.1. The zero-order valence-electron chi connectivity index (χ0n) is 23.9. The van der Waals surface area contributed by atoms with Gasteiger partial charge >= 0.3 is 0 Å². The van der Waals surface area contributed by atoms with Crippen LogP contribution in [0.4, 0.5) is 0 Å². The van der Waals surface area contributed by atoms with Crippen LogP contribution in [0.3, 0.4) is 0 Å². The number of ether oxygens (including phenoxy) is 1. The summed E-state index contributed by atoms with van der Waals surface area (Å²) in [5, 5.41) is 2.28. The predicted molar refractivity (Wildman–Crippen MR) is 154 cm³/mol. The molecular weight excluding hydrogens is 560 g/mol. The number of rotatable bonds is 7. The Balaban J connectivity index is 1.43. The first kappa shape index (κ1) is 30.1. The molecular formula is C30H40N4O7S. The number of primary amides is 1. The van der Waals surface area contributed by atoms with Crippen molar-refractivity contribution in [3.05, 3.63) is 42.0 Å².